The zero-order valence-electron chi connectivity index (χ0n) is 8.62. The SMILES string of the molecule is COC(CO)OC(C(=O)O)C(CO)OC. The number of carboxylic acid groups (broad SMARTS) is 1. The summed E-state index contributed by atoms with van der Waals surface area (Å²) in [5, 5.41) is 26.4. The van der Waals surface area contributed by atoms with Gasteiger partial charge in [0.2, 0.25) is 0 Å². The lowest BCUT2D eigenvalue weighted by molar-refractivity contribution is -0.212. The van der Waals surface area contributed by atoms with Crippen LogP contribution in [0.1, 0.15) is 0 Å². The Morgan fingerprint density at radius 2 is 1.80 bits per heavy atom. The van der Waals surface area contributed by atoms with Crippen molar-refractivity contribution in [2.75, 3.05) is 27.4 Å². The predicted octanol–water partition coefficient (Wildman–Crippen LogP) is -1.57. The highest BCUT2D eigenvalue weighted by Gasteiger charge is 2.31. The molecule has 7 nitrogen and oxygen atoms in total. The summed E-state index contributed by atoms with van der Waals surface area (Å²) in [5.41, 5.74) is 0. The molecule has 0 aromatic carbocycles. The summed E-state index contributed by atoms with van der Waals surface area (Å²) in [5.74, 6) is -1.30. The summed E-state index contributed by atoms with van der Waals surface area (Å²) in [6.07, 6.45) is -3.46. The number of carboxylic acids is 1. The number of hydrogen-bond acceptors (Lipinski definition) is 6. The van der Waals surface area contributed by atoms with Crippen LogP contribution in [0.15, 0.2) is 0 Å². The normalized spacial score (nSPS) is 17.1. The smallest absolute Gasteiger partial charge is 0.335 e. The van der Waals surface area contributed by atoms with Crippen molar-refractivity contribution >= 4 is 5.97 Å². The van der Waals surface area contributed by atoms with Crippen LogP contribution in [0.2, 0.25) is 0 Å². The molecule has 0 aliphatic heterocycles. The molecule has 3 N–H and O–H groups in total. The van der Waals surface area contributed by atoms with E-state index in [4.69, 9.17) is 24.8 Å². The Kier molecular flexibility index (Phi) is 7.18. The number of aliphatic hydroxyl groups excluding tert-OH is 2. The molecule has 0 heterocycles. The van der Waals surface area contributed by atoms with Gasteiger partial charge in [-0.15, -0.1) is 0 Å². The third-order valence-corrected chi connectivity index (χ3v) is 1.77. The van der Waals surface area contributed by atoms with Crippen molar-refractivity contribution in [3.05, 3.63) is 0 Å². The molecule has 0 bridgehead atoms. The van der Waals surface area contributed by atoms with Crippen molar-refractivity contribution < 1.29 is 34.3 Å². The number of aliphatic hydroxyl groups is 2. The van der Waals surface area contributed by atoms with Gasteiger partial charge >= 0.3 is 5.97 Å². The second-order valence-corrected chi connectivity index (χ2v) is 2.70. The van der Waals surface area contributed by atoms with E-state index >= 15 is 0 Å². The molecule has 3 atom stereocenters. The van der Waals surface area contributed by atoms with Crippen molar-refractivity contribution in [2.24, 2.45) is 0 Å². The maximum Gasteiger partial charge on any atom is 0.335 e. The summed E-state index contributed by atoms with van der Waals surface area (Å²) >= 11 is 0. The lowest BCUT2D eigenvalue weighted by atomic mass is 10.2. The molecule has 0 fully saturated rings. The Hall–Kier alpha value is -0.730. The lowest BCUT2D eigenvalue weighted by Crippen LogP contribution is -2.43. The van der Waals surface area contributed by atoms with Gasteiger partial charge in [0.15, 0.2) is 12.4 Å². The number of ether oxygens (including phenoxy) is 3. The van der Waals surface area contributed by atoms with Crippen LogP contribution in [0.25, 0.3) is 0 Å². The van der Waals surface area contributed by atoms with Crippen LogP contribution in [-0.2, 0) is 19.0 Å². The molecule has 0 radical (unpaired) electrons. The first-order valence-corrected chi connectivity index (χ1v) is 4.26. The van der Waals surface area contributed by atoms with Crippen LogP contribution in [0.5, 0.6) is 0 Å². The van der Waals surface area contributed by atoms with Gasteiger partial charge in [0.05, 0.1) is 13.2 Å². The topological polar surface area (TPSA) is 105 Å². The van der Waals surface area contributed by atoms with Gasteiger partial charge in [0, 0.05) is 14.2 Å². The van der Waals surface area contributed by atoms with E-state index < -0.39 is 37.7 Å². The minimum Gasteiger partial charge on any atom is -0.479 e. The number of hydrogen-bond donors (Lipinski definition) is 3. The van der Waals surface area contributed by atoms with Gasteiger partial charge in [-0.2, -0.15) is 0 Å². The third-order valence-electron chi connectivity index (χ3n) is 1.77. The number of methoxy groups -OCH3 is 2. The van der Waals surface area contributed by atoms with Gasteiger partial charge < -0.3 is 29.5 Å². The Labute approximate surface area is 87.2 Å². The maximum atomic E-state index is 10.8. The van der Waals surface area contributed by atoms with E-state index in [9.17, 15) is 4.79 Å². The maximum absolute atomic E-state index is 10.8. The molecule has 0 amide bonds. The second kappa shape index (κ2) is 7.55. The van der Waals surface area contributed by atoms with Crippen molar-refractivity contribution in [1.82, 2.24) is 0 Å². The van der Waals surface area contributed by atoms with Crippen LogP contribution < -0.4 is 0 Å². The summed E-state index contributed by atoms with van der Waals surface area (Å²) < 4.78 is 14.3. The van der Waals surface area contributed by atoms with Gasteiger partial charge in [-0.3, -0.25) is 0 Å². The first-order valence-electron chi connectivity index (χ1n) is 4.26. The van der Waals surface area contributed by atoms with Gasteiger partial charge in [-0.1, -0.05) is 0 Å². The van der Waals surface area contributed by atoms with E-state index in [0.29, 0.717) is 0 Å². The standard InChI is InChI=1S/C8H16O7/c1-13-5(3-9)7(8(11)12)15-6(4-10)14-2/h5-7,9-10H,3-4H2,1-2H3,(H,11,12). The fourth-order valence-electron chi connectivity index (χ4n) is 0.935. The fraction of sp³-hybridized carbons (Fsp3) is 0.875. The van der Waals surface area contributed by atoms with Crippen molar-refractivity contribution in [2.45, 2.75) is 18.5 Å². The van der Waals surface area contributed by atoms with Crippen LogP contribution in [0.3, 0.4) is 0 Å². The molecule has 0 aliphatic rings. The molecule has 90 valence electrons. The Balaban J connectivity index is 4.44. The van der Waals surface area contributed by atoms with Crippen molar-refractivity contribution in [1.29, 1.82) is 0 Å². The molecule has 3 unspecified atom stereocenters. The summed E-state index contributed by atoms with van der Waals surface area (Å²) in [6, 6.07) is 0. The molecular weight excluding hydrogens is 208 g/mol. The predicted molar refractivity (Wildman–Crippen MR) is 48.3 cm³/mol. The van der Waals surface area contributed by atoms with Crippen LogP contribution in [0, 0.1) is 0 Å². The largest absolute Gasteiger partial charge is 0.479 e. The molecule has 0 aliphatic carbocycles. The minimum absolute atomic E-state index is 0.484. The highest BCUT2D eigenvalue weighted by Crippen LogP contribution is 2.07. The van der Waals surface area contributed by atoms with E-state index in [1.807, 2.05) is 0 Å². The summed E-state index contributed by atoms with van der Waals surface area (Å²) in [6.45, 7) is -0.989. The van der Waals surface area contributed by atoms with Gasteiger partial charge in [-0.25, -0.2) is 4.79 Å². The molecule has 0 saturated carbocycles. The Bertz CT molecular complexity index is 176. The van der Waals surface area contributed by atoms with E-state index in [0.717, 1.165) is 0 Å². The first-order chi connectivity index (χ1) is 7.10. The monoisotopic (exact) mass is 224 g/mol. The fourth-order valence-corrected chi connectivity index (χ4v) is 0.935. The average Bonchev–Trinajstić information content (AvgIpc) is 2.24. The average molecular weight is 224 g/mol. The highest BCUT2D eigenvalue weighted by molar-refractivity contribution is 5.73. The van der Waals surface area contributed by atoms with E-state index in [1.54, 1.807) is 0 Å². The van der Waals surface area contributed by atoms with Gasteiger partial charge in [-0.05, 0) is 0 Å². The van der Waals surface area contributed by atoms with Gasteiger partial charge in [0.1, 0.15) is 6.10 Å². The first kappa shape index (κ1) is 14.3. The van der Waals surface area contributed by atoms with Crippen LogP contribution in [0.4, 0.5) is 0 Å². The molecule has 0 rings (SSSR count). The van der Waals surface area contributed by atoms with Crippen molar-refractivity contribution in [3.63, 3.8) is 0 Å². The zero-order valence-corrected chi connectivity index (χ0v) is 8.62. The molecule has 7 heteroatoms. The lowest BCUT2D eigenvalue weighted by Gasteiger charge is -2.24. The second-order valence-electron chi connectivity index (χ2n) is 2.70. The highest BCUT2D eigenvalue weighted by atomic mass is 16.7. The van der Waals surface area contributed by atoms with E-state index in [1.165, 1.54) is 14.2 Å². The third kappa shape index (κ3) is 4.54. The van der Waals surface area contributed by atoms with Crippen molar-refractivity contribution in [3.8, 4) is 0 Å². The number of rotatable bonds is 8. The van der Waals surface area contributed by atoms with E-state index in [-0.39, 0.29) is 0 Å². The minimum atomic E-state index is -1.39. The number of aliphatic carboxylic acids is 1. The van der Waals surface area contributed by atoms with E-state index in [2.05, 4.69) is 4.74 Å². The zero-order chi connectivity index (χ0) is 11.8. The Morgan fingerprint density at radius 1 is 1.20 bits per heavy atom. The molecular formula is C8H16O7. The molecule has 0 spiro atoms. The van der Waals surface area contributed by atoms with Crippen LogP contribution >= 0.6 is 0 Å². The Morgan fingerprint density at radius 3 is 2.07 bits per heavy atom. The summed E-state index contributed by atoms with van der Waals surface area (Å²) in [4.78, 5) is 10.8. The quantitative estimate of drug-likeness (QED) is 0.427. The van der Waals surface area contributed by atoms with Crippen LogP contribution in [-0.4, -0.2) is 67.2 Å². The van der Waals surface area contributed by atoms with Gasteiger partial charge in [0.25, 0.3) is 0 Å². The summed E-state index contributed by atoms with van der Waals surface area (Å²) in [7, 11) is 2.52. The molecule has 0 aromatic heterocycles. The number of carbonyl (C=O) groups is 1. The molecule has 0 saturated heterocycles. The molecule has 15 heavy (non-hydrogen) atoms. The molecule has 0 aromatic rings.